The Hall–Kier alpha value is -1.52. The number of likely N-dealkylation sites (N-methyl/N-ethyl adjacent to an activating group) is 1. The van der Waals surface area contributed by atoms with E-state index in [0.717, 1.165) is 30.4 Å². The summed E-state index contributed by atoms with van der Waals surface area (Å²) >= 11 is 5.99. The number of rotatable bonds is 6. The fourth-order valence-corrected chi connectivity index (χ4v) is 2.80. The smallest absolute Gasteiger partial charge is 0.191 e. The van der Waals surface area contributed by atoms with Crippen LogP contribution in [0.5, 0.6) is 0 Å². The molecule has 0 saturated heterocycles. The molecule has 0 fully saturated rings. The van der Waals surface area contributed by atoms with Crippen LogP contribution in [0.15, 0.2) is 41.4 Å². The van der Waals surface area contributed by atoms with Gasteiger partial charge in [-0.3, -0.25) is 4.99 Å². The third-order valence-corrected chi connectivity index (χ3v) is 4.25. The molecule has 0 aliphatic heterocycles. The summed E-state index contributed by atoms with van der Waals surface area (Å²) in [5.74, 6) is 0.891. The van der Waals surface area contributed by atoms with E-state index in [-0.39, 0.29) is 6.04 Å². The Kier molecular flexibility index (Phi) is 6.93. The lowest BCUT2D eigenvalue weighted by Gasteiger charge is -2.24. The lowest BCUT2D eigenvalue weighted by Crippen LogP contribution is -2.43. The van der Waals surface area contributed by atoms with Crippen molar-refractivity contribution in [1.82, 2.24) is 15.5 Å². The van der Waals surface area contributed by atoms with Gasteiger partial charge in [0.2, 0.25) is 0 Å². The second-order valence-electron chi connectivity index (χ2n) is 6.03. The Morgan fingerprint density at radius 2 is 1.91 bits per heavy atom. The van der Waals surface area contributed by atoms with Crippen LogP contribution in [0, 0.1) is 0 Å². The molecule has 1 atom stereocenters. The fraction of sp³-hybridized carbons (Fsp3) is 0.500. The summed E-state index contributed by atoms with van der Waals surface area (Å²) in [5, 5.41) is 7.61. The number of benzene rings is 1. The molecule has 0 spiro atoms. The van der Waals surface area contributed by atoms with Crippen LogP contribution >= 0.6 is 11.6 Å². The molecule has 0 heterocycles. The van der Waals surface area contributed by atoms with Gasteiger partial charge >= 0.3 is 0 Å². The van der Waals surface area contributed by atoms with Gasteiger partial charge in [0.1, 0.15) is 0 Å². The first-order valence-electron chi connectivity index (χ1n) is 8.22. The van der Waals surface area contributed by atoms with Crippen LogP contribution in [0.25, 0.3) is 0 Å². The molecule has 0 radical (unpaired) electrons. The molecule has 1 unspecified atom stereocenters. The monoisotopic (exact) mass is 334 g/mol. The number of nitrogens with one attached hydrogen (secondary N) is 2. The quantitative estimate of drug-likeness (QED) is 0.477. The van der Waals surface area contributed by atoms with Crippen molar-refractivity contribution in [3.8, 4) is 0 Å². The summed E-state index contributed by atoms with van der Waals surface area (Å²) < 4.78 is 0. The van der Waals surface area contributed by atoms with E-state index in [1.807, 2.05) is 12.1 Å². The first-order chi connectivity index (χ1) is 11.1. The van der Waals surface area contributed by atoms with Crippen molar-refractivity contribution in [1.29, 1.82) is 0 Å². The number of guanidine groups is 1. The summed E-state index contributed by atoms with van der Waals surface area (Å²) in [6.07, 6.45) is 6.58. The molecule has 23 heavy (non-hydrogen) atoms. The summed E-state index contributed by atoms with van der Waals surface area (Å²) in [4.78, 5) is 6.98. The van der Waals surface area contributed by atoms with Crippen LogP contribution in [0.1, 0.15) is 31.4 Å². The molecule has 126 valence electrons. The molecule has 2 N–H and O–H groups in total. The van der Waals surface area contributed by atoms with E-state index in [0.29, 0.717) is 12.6 Å². The van der Waals surface area contributed by atoms with E-state index in [2.05, 4.69) is 60.8 Å². The molecule has 1 aromatic rings. The molecule has 5 heteroatoms. The number of nitrogens with zero attached hydrogens (tertiary/aromatic N) is 2. The third kappa shape index (κ3) is 5.56. The maximum atomic E-state index is 5.99. The van der Waals surface area contributed by atoms with Gasteiger partial charge in [-0.2, -0.15) is 0 Å². The zero-order valence-electron chi connectivity index (χ0n) is 14.2. The number of hydrogen-bond donors (Lipinski definition) is 2. The van der Waals surface area contributed by atoms with Gasteiger partial charge < -0.3 is 15.5 Å². The highest BCUT2D eigenvalue weighted by Gasteiger charge is 2.15. The molecule has 2 rings (SSSR count). The molecule has 1 aromatic carbocycles. The summed E-state index contributed by atoms with van der Waals surface area (Å²) in [5.41, 5.74) is 1.22. The van der Waals surface area contributed by atoms with E-state index in [4.69, 9.17) is 16.6 Å². The molecular weight excluding hydrogens is 308 g/mol. The van der Waals surface area contributed by atoms with E-state index in [1.165, 1.54) is 5.56 Å². The van der Waals surface area contributed by atoms with Gasteiger partial charge in [-0.15, -0.1) is 0 Å². The minimum atomic E-state index is 0.226. The normalized spacial score (nSPS) is 16.8. The van der Waals surface area contributed by atoms with Gasteiger partial charge in [-0.25, -0.2) is 0 Å². The molecule has 0 saturated carbocycles. The van der Waals surface area contributed by atoms with E-state index >= 15 is 0 Å². The lowest BCUT2D eigenvalue weighted by atomic mass is 10.1. The van der Waals surface area contributed by atoms with Crippen molar-refractivity contribution in [2.75, 3.05) is 27.2 Å². The third-order valence-electron chi connectivity index (χ3n) is 3.99. The molecule has 0 amide bonds. The van der Waals surface area contributed by atoms with Crippen molar-refractivity contribution in [2.24, 2.45) is 4.99 Å². The maximum Gasteiger partial charge on any atom is 0.191 e. The average molecular weight is 335 g/mol. The van der Waals surface area contributed by atoms with Crippen molar-refractivity contribution in [3.05, 3.63) is 47.0 Å². The molecule has 0 bridgehead atoms. The Morgan fingerprint density at radius 1 is 1.26 bits per heavy atom. The Labute approximate surface area is 144 Å². The van der Waals surface area contributed by atoms with E-state index in [9.17, 15) is 0 Å². The van der Waals surface area contributed by atoms with Gasteiger partial charge in [-0.1, -0.05) is 35.9 Å². The van der Waals surface area contributed by atoms with Crippen LogP contribution in [-0.4, -0.2) is 44.1 Å². The SMILES string of the molecule is CCNC(=NCC(c1ccc(Cl)cc1)N(C)C)NC1CC=CC1. The Morgan fingerprint density at radius 3 is 2.48 bits per heavy atom. The minimum Gasteiger partial charge on any atom is -0.357 e. The molecule has 1 aliphatic carbocycles. The fourth-order valence-electron chi connectivity index (χ4n) is 2.68. The molecule has 1 aliphatic rings. The van der Waals surface area contributed by atoms with E-state index in [1.54, 1.807) is 0 Å². The van der Waals surface area contributed by atoms with Crippen LogP contribution in [0.2, 0.25) is 5.02 Å². The number of aliphatic imine (C=N–C) groups is 1. The Balaban J connectivity index is 2.05. The first-order valence-corrected chi connectivity index (χ1v) is 8.59. The zero-order valence-corrected chi connectivity index (χ0v) is 15.0. The first kappa shape index (κ1) is 17.8. The molecular formula is C18H27ClN4. The molecule has 0 aromatic heterocycles. The van der Waals surface area contributed by atoms with Gasteiger partial charge in [0, 0.05) is 17.6 Å². The average Bonchev–Trinajstić information content (AvgIpc) is 3.02. The Bertz CT molecular complexity index is 528. The topological polar surface area (TPSA) is 39.7 Å². The largest absolute Gasteiger partial charge is 0.357 e. The summed E-state index contributed by atoms with van der Waals surface area (Å²) in [7, 11) is 4.16. The predicted octanol–water partition coefficient (Wildman–Crippen LogP) is 3.22. The van der Waals surface area contributed by atoms with Gasteiger partial charge in [0.15, 0.2) is 5.96 Å². The van der Waals surface area contributed by atoms with Crippen molar-refractivity contribution in [3.63, 3.8) is 0 Å². The standard InChI is InChI=1S/C18H27ClN4/c1-4-20-18(22-16-7-5-6-8-16)21-13-17(23(2)3)14-9-11-15(19)12-10-14/h5-6,9-12,16-17H,4,7-8,13H2,1-3H3,(H2,20,21,22). The van der Waals surface area contributed by atoms with Gasteiger partial charge in [0.05, 0.1) is 12.6 Å². The highest BCUT2D eigenvalue weighted by molar-refractivity contribution is 6.30. The summed E-state index contributed by atoms with van der Waals surface area (Å²) in [6, 6.07) is 8.70. The second-order valence-corrected chi connectivity index (χ2v) is 6.47. The molecule has 4 nitrogen and oxygen atoms in total. The van der Waals surface area contributed by atoms with Crippen LogP contribution < -0.4 is 10.6 Å². The van der Waals surface area contributed by atoms with Crippen LogP contribution in [-0.2, 0) is 0 Å². The van der Waals surface area contributed by atoms with Gasteiger partial charge in [-0.05, 0) is 51.6 Å². The maximum absolute atomic E-state index is 5.99. The van der Waals surface area contributed by atoms with Crippen molar-refractivity contribution in [2.45, 2.75) is 31.8 Å². The highest BCUT2D eigenvalue weighted by Crippen LogP contribution is 2.20. The second kappa shape index (κ2) is 8.94. The van der Waals surface area contributed by atoms with Crippen LogP contribution in [0.4, 0.5) is 0 Å². The highest BCUT2D eigenvalue weighted by atomic mass is 35.5. The van der Waals surface area contributed by atoms with Gasteiger partial charge in [0.25, 0.3) is 0 Å². The van der Waals surface area contributed by atoms with E-state index < -0.39 is 0 Å². The number of hydrogen-bond acceptors (Lipinski definition) is 2. The predicted molar refractivity (Wildman–Crippen MR) is 99.2 cm³/mol. The minimum absolute atomic E-state index is 0.226. The van der Waals surface area contributed by atoms with Crippen LogP contribution in [0.3, 0.4) is 0 Å². The number of halogens is 1. The lowest BCUT2D eigenvalue weighted by molar-refractivity contribution is 0.306. The zero-order chi connectivity index (χ0) is 16.7. The van der Waals surface area contributed by atoms with Crippen molar-refractivity contribution < 1.29 is 0 Å². The summed E-state index contributed by atoms with van der Waals surface area (Å²) in [6.45, 7) is 3.65. The van der Waals surface area contributed by atoms with Crippen molar-refractivity contribution >= 4 is 17.6 Å².